The van der Waals surface area contributed by atoms with E-state index in [1.165, 1.54) is 0 Å². The van der Waals surface area contributed by atoms with E-state index in [0.29, 0.717) is 23.8 Å². The van der Waals surface area contributed by atoms with Gasteiger partial charge >= 0.3 is 0 Å². The van der Waals surface area contributed by atoms with Gasteiger partial charge in [-0.25, -0.2) is 9.97 Å². The molecule has 1 aromatic carbocycles. The number of hydrogen-bond donors (Lipinski definition) is 0. The van der Waals surface area contributed by atoms with E-state index in [2.05, 4.69) is 9.97 Å². The highest BCUT2D eigenvalue weighted by Crippen LogP contribution is 2.32. The van der Waals surface area contributed by atoms with Gasteiger partial charge in [-0.1, -0.05) is 18.2 Å². The van der Waals surface area contributed by atoms with Crippen molar-refractivity contribution >= 4 is 11.6 Å². The molecule has 0 saturated carbocycles. The van der Waals surface area contributed by atoms with Gasteiger partial charge in [-0.05, 0) is 31.2 Å². The number of para-hydroxylation sites is 1. The van der Waals surface area contributed by atoms with Crippen molar-refractivity contribution in [3.05, 3.63) is 66.9 Å². The minimum Gasteiger partial charge on any atom is -0.471 e. The van der Waals surface area contributed by atoms with Gasteiger partial charge in [-0.15, -0.1) is 0 Å². The number of hydrogen-bond acceptors (Lipinski definition) is 4. The molecular weight excluding hydrogens is 304 g/mol. The minimum atomic E-state index is -0.124. The van der Waals surface area contributed by atoms with Gasteiger partial charge in [-0.2, -0.15) is 0 Å². The van der Waals surface area contributed by atoms with Crippen molar-refractivity contribution in [1.29, 1.82) is 0 Å². The van der Waals surface area contributed by atoms with Crippen LogP contribution in [0.3, 0.4) is 0 Å². The van der Waals surface area contributed by atoms with Crippen molar-refractivity contribution in [2.45, 2.75) is 13.0 Å². The van der Waals surface area contributed by atoms with E-state index >= 15 is 0 Å². The first kappa shape index (κ1) is 14.4. The number of carbonyl (C=O) groups excluding carboxylic acids is 1. The monoisotopic (exact) mass is 320 g/mol. The van der Waals surface area contributed by atoms with Crippen LogP contribution < -0.4 is 9.64 Å². The Hall–Kier alpha value is -3.15. The maximum atomic E-state index is 13.1. The first-order chi connectivity index (χ1) is 11.7. The summed E-state index contributed by atoms with van der Waals surface area (Å²) in [5, 5.41) is 0. The molecule has 0 aliphatic carbocycles. The Bertz CT molecular complexity index is 875. The molecule has 2 aromatic heterocycles. The van der Waals surface area contributed by atoms with E-state index < -0.39 is 0 Å². The maximum absolute atomic E-state index is 13.1. The van der Waals surface area contributed by atoms with Crippen molar-refractivity contribution in [2.24, 2.45) is 0 Å². The van der Waals surface area contributed by atoms with Gasteiger partial charge in [0.15, 0.2) is 0 Å². The zero-order valence-corrected chi connectivity index (χ0v) is 13.2. The molecule has 6 heteroatoms. The van der Waals surface area contributed by atoms with Crippen LogP contribution in [0.2, 0.25) is 0 Å². The van der Waals surface area contributed by atoms with E-state index in [0.717, 1.165) is 5.69 Å². The second-order valence-corrected chi connectivity index (χ2v) is 5.66. The zero-order chi connectivity index (χ0) is 16.5. The number of nitrogens with zero attached hydrogens (tertiary/aromatic N) is 4. The van der Waals surface area contributed by atoms with Gasteiger partial charge in [0.05, 0.1) is 19.1 Å². The lowest BCUT2D eigenvalue weighted by molar-refractivity contribution is 0.0952. The number of aromatic nitrogens is 3. The van der Waals surface area contributed by atoms with Gasteiger partial charge < -0.3 is 4.74 Å². The first-order valence-corrected chi connectivity index (χ1v) is 7.75. The molecule has 120 valence electrons. The van der Waals surface area contributed by atoms with Crippen LogP contribution in [0.15, 0.2) is 61.2 Å². The Labute approximate surface area is 139 Å². The number of anilines is 1. The van der Waals surface area contributed by atoms with Crippen molar-refractivity contribution < 1.29 is 9.53 Å². The van der Waals surface area contributed by atoms with E-state index in [1.807, 2.05) is 43.3 Å². The van der Waals surface area contributed by atoms with Crippen LogP contribution in [0.5, 0.6) is 5.88 Å². The van der Waals surface area contributed by atoms with Crippen LogP contribution in [-0.2, 0) is 0 Å². The van der Waals surface area contributed by atoms with E-state index in [4.69, 9.17) is 4.74 Å². The van der Waals surface area contributed by atoms with Gasteiger partial charge in [0, 0.05) is 11.9 Å². The van der Waals surface area contributed by atoms with Crippen LogP contribution in [0.4, 0.5) is 5.69 Å². The topological polar surface area (TPSA) is 60.2 Å². The number of amides is 1. The zero-order valence-electron chi connectivity index (χ0n) is 13.2. The van der Waals surface area contributed by atoms with Crippen LogP contribution in [0.25, 0.3) is 5.69 Å². The van der Waals surface area contributed by atoms with Crippen molar-refractivity contribution in [3.8, 4) is 11.6 Å². The van der Waals surface area contributed by atoms with Crippen LogP contribution in [0.1, 0.15) is 17.4 Å². The average Bonchev–Trinajstić information content (AvgIpc) is 3.11. The number of ether oxygens (including phenoxy) is 1. The van der Waals surface area contributed by atoms with Gasteiger partial charge in [0.25, 0.3) is 5.91 Å². The molecule has 1 unspecified atom stereocenters. The summed E-state index contributed by atoms with van der Waals surface area (Å²) in [5.41, 5.74) is 2.08. The average molecular weight is 320 g/mol. The largest absolute Gasteiger partial charge is 0.471 e. The summed E-state index contributed by atoms with van der Waals surface area (Å²) in [7, 11) is 0. The Balaban J connectivity index is 1.75. The lowest BCUT2D eigenvalue weighted by Crippen LogP contribution is -2.43. The summed E-state index contributed by atoms with van der Waals surface area (Å²) in [6.07, 6.45) is 4.78. The number of fused-ring (bicyclic) bond motifs is 1. The molecule has 3 heterocycles. The van der Waals surface area contributed by atoms with E-state index in [9.17, 15) is 4.79 Å². The van der Waals surface area contributed by atoms with E-state index in [-0.39, 0.29) is 12.0 Å². The lowest BCUT2D eigenvalue weighted by atomic mass is 10.2. The fraction of sp³-hybridized carbons (Fsp3) is 0.167. The highest BCUT2D eigenvalue weighted by molar-refractivity contribution is 6.06. The van der Waals surface area contributed by atoms with Crippen molar-refractivity contribution in [2.75, 3.05) is 11.4 Å². The Kier molecular flexibility index (Phi) is 3.49. The minimum absolute atomic E-state index is 0.121. The molecule has 0 saturated heterocycles. The molecule has 1 atom stereocenters. The molecule has 0 N–H and O–H groups in total. The molecular formula is C18H16N4O2. The second kappa shape index (κ2) is 5.81. The molecule has 3 aromatic rings. The molecule has 0 fully saturated rings. The smallest absolute Gasteiger partial charge is 0.277 e. The summed E-state index contributed by atoms with van der Waals surface area (Å²) < 4.78 is 7.51. The number of pyridine rings is 1. The van der Waals surface area contributed by atoms with Gasteiger partial charge in [0.1, 0.15) is 17.5 Å². The maximum Gasteiger partial charge on any atom is 0.277 e. The van der Waals surface area contributed by atoms with Crippen LogP contribution >= 0.6 is 0 Å². The Morgan fingerprint density at radius 3 is 2.88 bits per heavy atom. The van der Waals surface area contributed by atoms with Crippen LogP contribution in [-0.4, -0.2) is 33.1 Å². The standard InChI is InChI=1S/C18H16N4O2/c1-13-11-21(15-8-5-9-20-17(15)24-13)18(23)16-10-19-12-22(16)14-6-3-2-4-7-14/h2-10,12-13H,11H2,1H3. The summed E-state index contributed by atoms with van der Waals surface area (Å²) in [6.45, 7) is 2.39. The highest BCUT2D eigenvalue weighted by atomic mass is 16.5. The molecule has 1 amide bonds. The number of rotatable bonds is 2. The van der Waals surface area contributed by atoms with Crippen LogP contribution in [0, 0.1) is 0 Å². The van der Waals surface area contributed by atoms with Crippen molar-refractivity contribution in [1.82, 2.24) is 14.5 Å². The predicted octanol–water partition coefficient (Wildman–Crippen LogP) is 2.70. The third-order valence-electron chi connectivity index (χ3n) is 3.93. The Morgan fingerprint density at radius 2 is 2.04 bits per heavy atom. The molecule has 0 bridgehead atoms. The third-order valence-corrected chi connectivity index (χ3v) is 3.93. The second-order valence-electron chi connectivity index (χ2n) is 5.66. The SMILES string of the molecule is CC1CN(C(=O)c2cncn2-c2ccccc2)c2cccnc2O1. The summed E-state index contributed by atoms with van der Waals surface area (Å²) in [5.74, 6) is 0.358. The normalized spacial score (nSPS) is 16.4. The fourth-order valence-electron chi connectivity index (χ4n) is 2.84. The number of carbonyl (C=O) groups is 1. The first-order valence-electron chi connectivity index (χ1n) is 7.75. The Morgan fingerprint density at radius 1 is 1.21 bits per heavy atom. The molecule has 24 heavy (non-hydrogen) atoms. The quantitative estimate of drug-likeness (QED) is 0.728. The van der Waals surface area contributed by atoms with Crippen molar-refractivity contribution in [3.63, 3.8) is 0 Å². The highest BCUT2D eigenvalue weighted by Gasteiger charge is 2.30. The molecule has 6 nitrogen and oxygen atoms in total. The predicted molar refractivity (Wildman–Crippen MR) is 89.6 cm³/mol. The summed E-state index contributed by atoms with van der Waals surface area (Å²) in [4.78, 5) is 23.2. The number of imidazole rings is 1. The molecule has 0 radical (unpaired) electrons. The lowest BCUT2D eigenvalue weighted by Gasteiger charge is -2.32. The molecule has 0 spiro atoms. The molecule has 1 aliphatic heterocycles. The van der Waals surface area contributed by atoms with Gasteiger partial charge in [0.2, 0.25) is 5.88 Å². The van der Waals surface area contributed by atoms with E-state index in [1.54, 1.807) is 34.3 Å². The van der Waals surface area contributed by atoms with Gasteiger partial charge in [-0.3, -0.25) is 14.3 Å². The number of benzene rings is 1. The summed E-state index contributed by atoms with van der Waals surface area (Å²) in [6, 6.07) is 13.3. The third kappa shape index (κ3) is 2.42. The molecule has 1 aliphatic rings. The fourth-order valence-corrected chi connectivity index (χ4v) is 2.84. The molecule has 4 rings (SSSR count). The summed E-state index contributed by atoms with van der Waals surface area (Å²) >= 11 is 0.